The van der Waals surface area contributed by atoms with Gasteiger partial charge in [-0.3, -0.25) is 4.79 Å². The highest BCUT2D eigenvalue weighted by atomic mass is 32.2. The van der Waals surface area contributed by atoms with Gasteiger partial charge in [-0.15, -0.1) is 5.10 Å². The molecule has 1 aliphatic heterocycles. The van der Waals surface area contributed by atoms with Crippen LogP contribution in [-0.2, 0) is 17.0 Å². The number of H-pyrrole nitrogens is 1. The van der Waals surface area contributed by atoms with Crippen LogP contribution in [0.3, 0.4) is 0 Å². The van der Waals surface area contributed by atoms with E-state index in [0.717, 1.165) is 25.0 Å². The zero-order valence-corrected chi connectivity index (χ0v) is 14.9. The number of ether oxygens (including phenoxy) is 1. The first-order valence-electron chi connectivity index (χ1n) is 8.44. The first-order valence-corrected chi connectivity index (χ1v) is 9.43. The minimum absolute atomic E-state index is 0.167. The summed E-state index contributed by atoms with van der Waals surface area (Å²) in [6.45, 7) is 1.45. The van der Waals surface area contributed by atoms with Crippen molar-refractivity contribution in [3.8, 4) is 11.4 Å². The fourth-order valence-electron chi connectivity index (χ4n) is 2.85. The van der Waals surface area contributed by atoms with Crippen molar-refractivity contribution in [3.63, 3.8) is 0 Å². The van der Waals surface area contributed by atoms with Crippen molar-refractivity contribution in [2.75, 3.05) is 6.61 Å². The second-order valence-corrected chi connectivity index (χ2v) is 6.96. The van der Waals surface area contributed by atoms with Gasteiger partial charge in [0.15, 0.2) is 0 Å². The van der Waals surface area contributed by atoms with Gasteiger partial charge in [0.05, 0.1) is 18.3 Å². The quantitative estimate of drug-likeness (QED) is 0.662. The number of hydrogen-bond donors (Lipinski definition) is 1. The van der Waals surface area contributed by atoms with Crippen LogP contribution in [0.1, 0.15) is 18.5 Å². The monoisotopic (exact) mass is 370 g/mol. The topological polar surface area (TPSA) is 98.6 Å². The van der Waals surface area contributed by atoms with Crippen LogP contribution < -0.4 is 5.56 Å². The van der Waals surface area contributed by atoms with Crippen LogP contribution in [0.4, 0.5) is 0 Å². The van der Waals surface area contributed by atoms with Crippen LogP contribution in [0.25, 0.3) is 11.4 Å². The molecule has 1 aliphatic rings. The van der Waals surface area contributed by atoms with Crippen molar-refractivity contribution in [1.29, 1.82) is 0 Å². The number of aromatic nitrogens is 6. The molecule has 4 rings (SSSR count). The van der Waals surface area contributed by atoms with E-state index < -0.39 is 0 Å². The van der Waals surface area contributed by atoms with E-state index in [4.69, 9.17) is 4.74 Å². The average molecular weight is 370 g/mol. The maximum Gasteiger partial charge on any atom is 0.251 e. The standard InChI is InChI=1S/C17H18N6O2S/c24-15-9-13(18-16(19-15)12-5-2-1-3-6-12)11-26-17-20-21-22-23(17)10-14-7-4-8-25-14/h1-3,5-6,9,14H,4,7-8,10-11H2,(H,18,19,24). The van der Waals surface area contributed by atoms with Gasteiger partial charge in [-0.05, 0) is 23.3 Å². The molecule has 1 N–H and O–H groups in total. The SMILES string of the molecule is O=c1cc(CSc2nnnn2CC2CCCO2)nc(-c2ccccc2)[nH]1. The van der Waals surface area contributed by atoms with E-state index in [2.05, 4.69) is 25.5 Å². The van der Waals surface area contributed by atoms with Crippen LogP contribution >= 0.6 is 11.8 Å². The van der Waals surface area contributed by atoms with Crippen LogP contribution in [0.2, 0.25) is 0 Å². The predicted octanol–water partition coefficient (Wildman–Crippen LogP) is 1.89. The molecule has 0 amide bonds. The first kappa shape index (κ1) is 16.9. The summed E-state index contributed by atoms with van der Waals surface area (Å²) in [5.41, 5.74) is 1.39. The molecule has 0 radical (unpaired) electrons. The predicted molar refractivity (Wildman–Crippen MR) is 96.6 cm³/mol. The lowest BCUT2D eigenvalue weighted by atomic mass is 10.2. The molecule has 0 spiro atoms. The highest BCUT2D eigenvalue weighted by molar-refractivity contribution is 7.98. The summed E-state index contributed by atoms with van der Waals surface area (Å²) in [5.74, 6) is 1.07. The van der Waals surface area contributed by atoms with Gasteiger partial charge >= 0.3 is 0 Å². The Morgan fingerprint density at radius 1 is 1.31 bits per heavy atom. The summed E-state index contributed by atoms with van der Waals surface area (Å²) < 4.78 is 7.40. The molecule has 0 aliphatic carbocycles. The van der Waals surface area contributed by atoms with Crippen molar-refractivity contribution >= 4 is 11.8 Å². The Morgan fingerprint density at radius 2 is 2.19 bits per heavy atom. The van der Waals surface area contributed by atoms with Gasteiger partial charge < -0.3 is 9.72 Å². The van der Waals surface area contributed by atoms with E-state index in [1.807, 2.05) is 30.3 Å². The lowest BCUT2D eigenvalue weighted by Gasteiger charge is -2.10. The Balaban J connectivity index is 1.48. The summed E-state index contributed by atoms with van der Waals surface area (Å²) in [6.07, 6.45) is 2.27. The average Bonchev–Trinajstić information content (AvgIpc) is 3.33. The van der Waals surface area contributed by atoms with E-state index in [9.17, 15) is 4.79 Å². The van der Waals surface area contributed by atoms with E-state index in [1.54, 1.807) is 4.68 Å². The van der Waals surface area contributed by atoms with Crippen molar-refractivity contribution in [2.45, 2.75) is 36.4 Å². The Bertz CT molecular complexity index is 920. The lowest BCUT2D eigenvalue weighted by Crippen LogP contribution is -2.17. The second kappa shape index (κ2) is 7.79. The summed E-state index contributed by atoms with van der Waals surface area (Å²) >= 11 is 1.46. The largest absolute Gasteiger partial charge is 0.376 e. The third-order valence-electron chi connectivity index (χ3n) is 4.09. The third kappa shape index (κ3) is 4.00. The van der Waals surface area contributed by atoms with E-state index in [0.29, 0.717) is 29.0 Å². The van der Waals surface area contributed by atoms with E-state index in [1.165, 1.54) is 17.8 Å². The van der Waals surface area contributed by atoms with E-state index >= 15 is 0 Å². The second-order valence-electron chi connectivity index (χ2n) is 6.02. The van der Waals surface area contributed by atoms with Gasteiger partial charge in [0.25, 0.3) is 5.56 Å². The molecule has 1 aromatic carbocycles. The summed E-state index contributed by atoms with van der Waals surface area (Å²) in [5, 5.41) is 12.6. The maximum atomic E-state index is 12.0. The van der Waals surface area contributed by atoms with Crippen molar-refractivity contribution in [1.82, 2.24) is 30.2 Å². The molecule has 8 nitrogen and oxygen atoms in total. The number of benzene rings is 1. The molecule has 1 unspecified atom stereocenters. The molecule has 3 heterocycles. The fraction of sp³-hybridized carbons (Fsp3) is 0.353. The molecule has 3 aromatic rings. The van der Waals surface area contributed by atoms with E-state index in [-0.39, 0.29) is 11.7 Å². The highest BCUT2D eigenvalue weighted by Crippen LogP contribution is 2.22. The molecule has 2 aromatic heterocycles. The zero-order chi connectivity index (χ0) is 17.8. The summed E-state index contributed by atoms with van der Waals surface area (Å²) in [6, 6.07) is 11.1. The molecule has 134 valence electrons. The van der Waals surface area contributed by atoms with Gasteiger partial charge in [0.2, 0.25) is 5.16 Å². The van der Waals surface area contributed by atoms with Crippen LogP contribution in [0.15, 0.2) is 46.3 Å². The van der Waals surface area contributed by atoms with Crippen LogP contribution in [0, 0.1) is 0 Å². The number of nitrogens with one attached hydrogen (secondary N) is 1. The molecule has 1 atom stereocenters. The number of aromatic amines is 1. The first-order chi connectivity index (χ1) is 12.8. The minimum Gasteiger partial charge on any atom is -0.376 e. The van der Waals surface area contributed by atoms with Gasteiger partial charge in [-0.1, -0.05) is 42.1 Å². The smallest absolute Gasteiger partial charge is 0.251 e. The number of thioether (sulfide) groups is 1. The Morgan fingerprint density at radius 3 is 3.00 bits per heavy atom. The van der Waals surface area contributed by atoms with Crippen molar-refractivity contribution in [2.24, 2.45) is 0 Å². The molecule has 9 heteroatoms. The highest BCUT2D eigenvalue weighted by Gasteiger charge is 2.19. The van der Waals surface area contributed by atoms with Gasteiger partial charge in [0.1, 0.15) is 5.82 Å². The molecular weight excluding hydrogens is 352 g/mol. The maximum absolute atomic E-state index is 12.0. The van der Waals surface area contributed by atoms with Crippen molar-refractivity contribution < 1.29 is 4.74 Å². The molecule has 1 fully saturated rings. The molecular formula is C17H18N6O2S. The zero-order valence-electron chi connectivity index (χ0n) is 14.0. The minimum atomic E-state index is -0.173. The normalized spacial score (nSPS) is 16.8. The van der Waals surface area contributed by atoms with Crippen LogP contribution in [0.5, 0.6) is 0 Å². The summed E-state index contributed by atoms with van der Waals surface area (Å²) in [4.78, 5) is 19.3. The Labute approximate surface area is 154 Å². The number of tetrazole rings is 1. The number of rotatable bonds is 6. The summed E-state index contributed by atoms with van der Waals surface area (Å²) in [7, 11) is 0. The third-order valence-corrected chi connectivity index (χ3v) is 5.08. The molecule has 1 saturated heterocycles. The molecule has 0 saturated carbocycles. The van der Waals surface area contributed by atoms with Gasteiger partial charge in [0, 0.05) is 24.0 Å². The number of nitrogens with zero attached hydrogens (tertiary/aromatic N) is 5. The van der Waals surface area contributed by atoms with Crippen LogP contribution in [-0.4, -0.2) is 42.9 Å². The van der Waals surface area contributed by atoms with Gasteiger partial charge in [-0.25, -0.2) is 9.67 Å². The number of hydrogen-bond acceptors (Lipinski definition) is 7. The molecule has 0 bridgehead atoms. The fourth-order valence-corrected chi connectivity index (χ4v) is 3.63. The Hall–Kier alpha value is -2.52. The molecule has 26 heavy (non-hydrogen) atoms. The van der Waals surface area contributed by atoms with Gasteiger partial charge in [-0.2, -0.15) is 0 Å². The lowest BCUT2D eigenvalue weighted by molar-refractivity contribution is 0.0912. The van der Waals surface area contributed by atoms with Crippen molar-refractivity contribution in [3.05, 3.63) is 52.4 Å². The Kier molecular flexibility index (Phi) is 5.07.